The predicted molar refractivity (Wildman–Crippen MR) is 103 cm³/mol. The van der Waals surface area contributed by atoms with Gasteiger partial charge in [0.25, 0.3) is 0 Å². The van der Waals surface area contributed by atoms with Gasteiger partial charge >= 0.3 is 0 Å². The predicted octanol–water partition coefficient (Wildman–Crippen LogP) is 3.33. The van der Waals surface area contributed by atoms with Crippen LogP contribution in [0.15, 0.2) is 36.5 Å². The van der Waals surface area contributed by atoms with E-state index in [1.807, 2.05) is 50.4 Å². The van der Waals surface area contributed by atoms with E-state index in [4.69, 9.17) is 4.74 Å². The Bertz CT molecular complexity index is 876. The molecule has 3 rings (SSSR count). The number of hydrogen-bond acceptors (Lipinski definition) is 4. The average Bonchev–Trinajstić information content (AvgIpc) is 2.95. The van der Waals surface area contributed by atoms with Gasteiger partial charge in [-0.15, -0.1) is 0 Å². The number of hydrogen-bond donors (Lipinski definition) is 1. The Kier molecular flexibility index (Phi) is 5.34. The van der Waals surface area contributed by atoms with Gasteiger partial charge < -0.3 is 4.74 Å². The number of benzene rings is 1. The van der Waals surface area contributed by atoms with E-state index in [0.29, 0.717) is 6.42 Å². The van der Waals surface area contributed by atoms with Gasteiger partial charge in [0.05, 0.1) is 5.25 Å². The lowest BCUT2D eigenvalue weighted by molar-refractivity contribution is 0.226. The highest BCUT2D eigenvalue weighted by molar-refractivity contribution is 7.90. The molecule has 1 aromatic heterocycles. The minimum Gasteiger partial charge on any atom is -0.486 e. The molecule has 1 aromatic carbocycles. The third-order valence-corrected chi connectivity index (χ3v) is 6.68. The van der Waals surface area contributed by atoms with Crippen molar-refractivity contribution in [1.82, 2.24) is 9.71 Å². The standard InChI is InChI=1S/C20H26N2O3S/c1-13(2)26(23,24)22-19-9-16-7-8-20(11-18(16)10-19)25-15(4)17-6-5-14(3)21-12-17/h5-8,11-13,15,19,22H,9-10H2,1-4H3/t15-,19-/m0/s1. The summed E-state index contributed by atoms with van der Waals surface area (Å²) in [6, 6.07) is 9.94. The lowest BCUT2D eigenvalue weighted by atomic mass is 10.1. The zero-order chi connectivity index (χ0) is 18.9. The van der Waals surface area contributed by atoms with Crippen molar-refractivity contribution >= 4 is 10.0 Å². The molecule has 26 heavy (non-hydrogen) atoms. The lowest BCUT2D eigenvalue weighted by Gasteiger charge is -2.16. The maximum absolute atomic E-state index is 12.1. The molecule has 1 aliphatic rings. The van der Waals surface area contributed by atoms with Crippen molar-refractivity contribution in [2.24, 2.45) is 0 Å². The molecule has 0 bridgehead atoms. The van der Waals surface area contributed by atoms with Crippen molar-refractivity contribution < 1.29 is 13.2 Å². The first-order chi connectivity index (χ1) is 12.2. The van der Waals surface area contributed by atoms with Crippen molar-refractivity contribution in [2.75, 3.05) is 0 Å². The van der Waals surface area contributed by atoms with E-state index < -0.39 is 15.3 Å². The highest BCUT2D eigenvalue weighted by Gasteiger charge is 2.27. The van der Waals surface area contributed by atoms with E-state index in [1.165, 1.54) is 5.56 Å². The summed E-state index contributed by atoms with van der Waals surface area (Å²) in [5.41, 5.74) is 4.33. The first kappa shape index (κ1) is 18.9. The molecule has 0 unspecified atom stereocenters. The number of nitrogens with zero attached hydrogens (tertiary/aromatic N) is 1. The first-order valence-corrected chi connectivity index (χ1v) is 10.5. The zero-order valence-electron chi connectivity index (χ0n) is 15.7. The van der Waals surface area contributed by atoms with Gasteiger partial charge in [0.15, 0.2) is 0 Å². The molecule has 6 heteroatoms. The molecule has 140 valence electrons. The number of fused-ring (bicyclic) bond motifs is 1. The maximum Gasteiger partial charge on any atom is 0.214 e. The van der Waals surface area contributed by atoms with Crippen LogP contribution in [-0.2, 0) is 22.9 Å². The minimum absolute atomic E-state index is 0.0774. The van der Waals surface area contributed by atoms with E-state index in [9.17, 15) is 8.42 Å². The quantitative estimate of drug-likeness (QED) is 0.842. The molecule has 0 saturated heterocycles. The van der Waals surface area contributed by atoms with Crippen LogP contribution >= 0.6 is 0 Å². The molecule has 0 saturated carbocycles. The first-order valence-electron chi connectivity index (χ1n) is 8.97. The van der Waals surface area contributed by atoms with E-state index in [-0.39, 0.29) is 12.1 Å². The smallest absolute Gasteiger partial charge is 0.214 e. The van der Waals surface area contributed by atoms with Gasteiger partial charge in [-0.3, -0.25) is 4.98 Å². The summed E-state index contributed by atoms with van der Waals surface area (Å²) >= 11 is 0. The van der Waals surface area contributed by atoms with Gasteiger partial charge in [0.2, 0.25) is 10.0 Å². The number of nitrogens with one attached hydrogen (secondary N) is 1. The van der Waals surface area contributed by atoms with Crippen molar-refractivity contribution in [3.8, 4) is 5.75 Å². The van der Waals surface area contributed by atoms with Crippen molar-refractivity contribution in [1.29, 1.82) is 0 Å². The molecule has 0 fully saturated rings. The normalized spacial score (nSPS) is 18.0. The van der Waals surface area contributed by atoms with E-state index in [1.54, 1.807) is 13.8 Å². The highest BCUT2D eigenvalue weighted by atomic mass is 32.2. The van der Waals surface area contributed by atoms with Gasteiger partial charge in [0, 0.05) is 23.5 Å². The Balaban J connectivity index is 1.68. The molecule has 1 aliphatic carbocycles. The van der Waals surface area contributed by atoms with Gasteiger partial charge in [0.1, 0.15) is 11.9 Å². The fourth-order valence-corrected chi connectivity index (χ4v) is 4.01. The van der Waals surface area contributed by atoms with Crippen LogP contribution in [0.3, 0.4) is 0 Å². The molecule has 0 aliphatic heterocycles. The number of ether oxygens (including phenoxy) is 1. The largest absolute Gasteiger partial charge is 0.486 e. The van der Waals surface area contributed by atoms with E-state index >= 15 is 0 Å². The summed E-state index contributed by atoms with van der Waals surface area (Å²) in [6.45, 7) is 7.34. The molecule has 0 spiro atoms. The minimum atomic E-state index is -3.26. The van der Waals surface area contributed by atoms with Crippen LogP contribution in [0.5, 0.6) is 5.75 Å². The zero-order valence-corrected chi connectivity index (χ0v) is 16.5. The van der Waals surface area contributed by atoms with E-state index in [0.717, 1.165) is 29.0 Å². The van der Waals surface area contributed by atoms with Crippen LogP contribution < -0.4 is 9.46 Å². The fourth-order valence-electron chi connectivity index (χ4n) is 3.11. The Hall–Kier alpha value is -1.92. The molecular weight excluding hydrogens is 348 g/mol. The average molecular weight is 375 g/mol. The third kappa shape index (κ3) is 4.24. The van der Waals surface area contributed by atoms with Crippen LogP contribution in [0.25, 0.3) is 0 Å². The van der Waals surface area contributed by atoms with Crippen LogP contribution in [0.2, 0.25) is 0 Å². The molecule has 0 amide bonds. The Morgan fingerprint density at radius 2 is 1.85 bits per heavy atom. The highest BCUT2D eigenvalue weighted by Crippen LogP contribution is 2.29. The van der Waals surface area contributed by atoms with Crippen LogP contribution in [0, 0.1) is 6.92 Å². The molecule has 2 aromatic rings. The Morgan fingerprint density at radius 1 is 1.12 bits per heavy atom. The summed E-state index contributed by atoms with van der Waals surface area (Å²) in [6.07, 6.45) is 3.15. The second-order valence-corrected chi connectivity index (χ2v) is 9.51. The van der Waals surface area contributed by atoms with Crippen molar-refractivity contribution in [2.45, 2.75) is 57.9 Å². The number of pyridine rings is 1. The number of rotatable bonds is 6. The monoisotopic (exact) mass is 374 g/mol. The topological polar surface area (TPSA) is 68.3 Å². The number of aromatic nitrogens is 1. The van der Waals surface area contributed by atoms with Gasteiger partial charge in [-0.05, 0) is 69.9 Å². The molecule has 5 nitrogen and oxygen atoms in total. The summed E-state index contributed by atoms with van der Waals surface area (Å²) in [5, 5.41) is -0.422. The van der Waals surface area contributed by atoms with E-state index in [2.05, 4.69) is 9.71 Å². The second kappa shape index (κ2) is 7.37. The number of sulfonamides is 1. The molecule has 1 heterocycles. The Labute approximate surface area is 155 Å². The third-order valence-electron chi connectivity index (χ3n) is 4.78. The van der Waals surface area contributed by atoms with Crippen LogP contribution in [-0.4, -0.2) is 24.7 Å². The molecular formula is C20H26N2O3S. The van der Waals surface area contributed by atoms with Crippen LogP contribution in [0.1, 0.15) is 49.3 Å². The molecule has 0 radical (unpaired) electrons. The lowest BCUT2D eigenvalue weighted by Crippen LogP contribution is -2.39. The molecule has 1 N–H and O–H groups in total. The van der Waals surface area contributed by atoms with Gasteiger partial charge in [-0.2, -0.15) is 0 Å². The summed E-state index contributed by atoms with van der Waals surface area (Å²) in [7, 11) is -3.26. The summed E-state index contributed by atoms with van der Waals surface area (Å²) in [5.74, 6) is 0.796. The van der Waals surface area contributed by atoms with Gasteiger partial charge in [-0.25, -0.2) is 13.1 Å². The van der Waals surface area contributed by atoms with Crippen molar-refractivity contribution in [3.05, 3.63) is 58.9 Å². The Morgan fingerprint density at radius 3 is 2.50 bits per heavy atom. The summed E-state index contributed by atoms with van der Waals surface area (Å²) < 4.78 is 33.1. The molecule has 2 atom stereocenters. The second-order valence-electron chi connectivity index (χ2n) is 7.24. The summed E-state index contributed by atoms with van der Waals surface area (Å²) in [4.78, 5) is 4.31. The van der Waals surface area contributed by atoms with Gasteiger partial charge in [-0.1, -0.05) is 12.1 Å². The van der Waals surface area contributed by atoms with Crippen LogP contribution in [0.4, 0.5) is 0 Å². The number of aryl methyl sites for hydroxylation is 1. The fraction of sp³-hybridized carbons (Fsp3) is 0.450. The van der Waals surface area contributed by atoms with Crippen molar-refractivity contribution in [3.63, 3.8) is 0 Å². The maximum atomic E-state index is 12.1. The SMILES string of the molecule is Cc1ccc([C@H](C)Oc2ccc3c(c2)C[C@@H](NS(=O)(=O)C(C)C)C3)cn1.